The minimum atomic E-state index is -0.391. The van der Waals surface area contributed by atoms with Crippen molar-refractivity contribution in [2.75, 3.05) is 32.6 Å². The van der Waals surface area contributed by atoms with Crippen molar-refractivity contribution < 1.29 is 14.3 Å². The largest absolute Gasteiger partial charge is 0.492 e. The summed E-state index contributed by atoms with van der Waals surface area (Å²) < 4.78 is 11.3. The van der Waals surface area contributed by atoms with E-state index in [-0.39, 0.29) is 6.10 Å². The second kappa shape index (κ2) is 9.52. The summed E-state index contributed by atoms with van der Waals surface area (Å²) in [5.74, 6) is 1.07. The van der Waals surface area contributed by atoms with Crippen LogP contribution in [0.25, 0.3) is 0 Å². The number of ether oxygens (including phenoxy) is 2. The fourth-order valence-electron chi connectivity index (χ4n) is 3.31. The summed E-state index contributed by atoms with van der Waals surface area (Å²) in [5, 5.41) is 2.84. The number of carbonyl (C=O) groups excluding carboxylic acids is 1. The SMILES string of the molecule is CCOc1ccccc1NC(=O)O[C@H]1CCCCC[C@@H]1CN(C)C. The van der Waals surface area contributed by atoms with Gasteiger partial charge in [-0.05, 0) is 52.4 Å². The maximum Gasteiger partial charge on any atom is 0.412 e. The monoisotopic (exact) mass is 334 g/mol. The first-order valence-corrected chi connectivity index (χ1v) is 8.94. The van der Waals surface area contributed by atoms with Gasteiger partial charge in [0.25, 0.3) is 0 Å². The number of nitrogens with zero attached hydrogens (tertiary/aromatic N) is 1. The second-order valence-corrected chi connectivity index (χ2v) is 6.66. The van der Waals surface area contributed by atoms with E-state index in [9.17, 15) is 4.79 Å². The molecule has 0 aliphatic heterocycles. The van der Waals surface area contributed by atoms with Crippen LogP contribution in [0.1, 0.15) is 39.0 Å². The van der Waals surface area contributed by atoms with E-state index in [2.05, 4.69) is 24.3 Å². The van der Waals surface area contributed by atoms with E-state index in [4.69, 9.17) is 9.47 Å². The summed E-state index contributed by atoms with van der Waals surface area (Å²) in [6.45, 7) is 3.43. The molecule has 0 heterocycles. The van der Waals surface area contributed by atoms with E-state index >= 15 is 0 Å². The lowest BCUT2D eigenvalue weighted by Crippen LogP contribution is -2.34. The molecule has 1 fully saturated rings. The predicted octanol–water partition coefficient (Wildman–Crippen LogP) is 4.14. The molecule has 1 saturated carbocycles. The van der Waals surface area contributed by atoms with Crippen molar-refractivity contribution in [3.8, 4) is 5.75 Å². The lowest BCUT2D eigenvalue weighted by Gasteiger charge is -2.27. The van der Waals surface area contributed by atoms with Gasteiger partial charge < -0.3 is 14.4 Å². The third-order valence-electron chi connectivity index (χ3n) is 4.37. The summed E-state index contributed by atoms with van der Waals surface area (Å²) in [6.07, 6.45) is 5.21. The van der Waals surface area contributed by atoms with Crippen molar-refractivity contribution in [1.82, 2.24) is 4.90 Å². The van der Waals surface area contributed by atoms with E-state index in [0.29, 0.717) is 24.0 Å². The number of hydrogen-bond donors (Lipinski definition) is 1. The molecule has 134 valence electrons. The van der Waals surface area contributed by atoms with E-state index in [1.165, 1.54) is 12.8 Å². The van der Waals surface area contributed by atoms with Crippen LogP contribution in [0, 0.1) is 5.92 Å². The van der Waals surface area contributed by atoms with Crippen molar-refractivity contribution in [3.63, 3.8) is 0 Å². The van der Waals surface area contributed by atoms with E-state index in [1.54, 1.807) is 0 Å². The fourth-order valence-corrected chi connectivity index (χ4v) is 3.31. The number of carbonyl (C=O) groups is 1. The molecule has 1 aromatic carbocycles. The molecule has 24 heavy (non-hydrogen) atoms. The molecule has 2 atom stereocenters. The number of hydrogen-bond acceptors (Lipinski definition) is 4. The first-order valence-electron chi connectivity index (χ1n) is 8.94. The molecule has 0 unspecified atom stereocenters. The summed E-state index contributed by atoms with van der Waals surface area (Å²) in [5.41, 5.74) is 0.655. The van der Waals surface area contributed by atoms with Crippen molar-refractivity contribution in [1.29, 1.82) is 0 Å². The number of benzene rings is 1. The quantitative estimate of drug-likeness (QED) is 0.794. The zero-order valence-corrected chi connectivity index (χ0v) is 15.1. The van der Waals surface area contributed by atoms with Crippen LogP contribution in [0.4, 0.5) is 10.5 Å². The van der Waals surface area contributed by atoms with Crippen LogP contribution in [0.5, 0.6) is 5.75 Å². The molecule has 1 amide bonds. The van der Waals surface area contributed by atoms with Gasteiger partial charge in [-0.2, -0.15) is 0 Å². The van der Waals surface area contributed by atoms with E-state index < -0.39 is 6.09 Å². The number of rotatable bonds is 6. The maximum absolute atomic E-state index is 12.4. The number of anilines is 1. The van der Waals surface area contributed by atoms with Gasteiger partial charge in [-0.3, -0.25) is 5.32 Å². The Kier molecular flexibility index (Phi) is 7.37. The zero-order valence-electron chi connectivity index (χ0n) is 15.1. The molecule has 1 aromatic rings. The maximum atomic E-state index is 12.4. The number of nitrogens with one attached hydrogen (secondary N) is 1. The van der Waals surface area contributed by atoms with Crippen molar-refractivity contribution >= 4 is 11.8 Å². The highest BCUT2D eigenvalue weighted by Crippen LogP contribution is 2.28. The summed E-state index contributed by atoms with van der Waals surface area (Å²) in [6, 6.07) is 7.44. The third-order valence-corrected chi connectivity index (χ3v) is 4.37. The molecule has 1 aliphatic carbocycles. The van der Waals surface area contributed by atoms with Gasteiger partial charge in [0.05, 0.1) is 12.3 Å². The lowest BCUT2D eigenvalue weighted by atomic mass is 9.97. The van der Waals surface area contributed by atoms with Crippen LogP contribution >= 0.6 is 0 Å². The molecular formula is C19H30N2O3. The summed E-state index contributed by atoms with van der Waals surface area (Å²) in [7, 11) is 4.14. The number of amides is 1. The topological polar surface area (TPSA) is 50.8 Å². The second-order valence-electron chi connectivity index (χ2n) is 6.66. The van der Waals surface area contributed by atoms with Gasteiger partial charge in [0, 0.05) is 12.5 Å². The standard InChI is InChI=1S/C19H30N2O3/c1-4-23-18-13-9-8-11-16(18)20-19(22)24-17-12-7-5-6-10-15(17)14-21(2)3/h8-9,11,13,15,17H,4-7,10,12,14H2,1-3H3,(H,20,22)/t15-,17+/m1/s1. The Balaban J connectivity index is 1.99. The molecule has 5 nitrogen and oxygen atoms in total. The smallest absolute Gasteiger partial charge is 0.412 e. The first kappa shape index (κ1) is 18.6. The molecule has 0 bridgehead atoms. The molecule has 1 N–H and O–H groups in total. The molecule has 2 rings (SSSR count). The van der Waals surface area contributed by atoms with Crippen LogP contribution in [0.3, 0.4) is 0 Å². The third kappa shape index (κ3) is 5.71. The molecular weight excluding hydrogens is 304 g/mol. The van der Waals surface area contributed by atoms with Crippen molar-refractivity contribution in [3.05, 3.63) is 24.3 Å². The van der Waals surface area contributed by atoms with Gasteiger partial charge in [0.2, 0.25) is 0 Å². The highest BCUT2D eigenvalue weighted by molar-refractivity contribution is 5.86. The Labute approximate surface area is 145 Å². The van der Waals surface area contributed by atoms with E-state index in [1.807, 2.05) is 31.2 Å². The molecule has 0 radical (unpaired) electrons. The Morgan fingerprint density at radius 1 is 1.21 bits per heavy atom. The molecule has 5 heteroatoms. The number of para-hydroxylation sites is 2. The Bertz CT molecular complexity index is 519. The van der Waals surface area contributed by atoms with Crippen molar-refractivity contribution in [2.24, 2.45) is 5.92 Å². The Hall–Kier alpha value is -1.75. The van der Waals surface area contributed by atoms with Crippen LogP contribution in [-0.4, -0.2) is 44.3 Å². The van der Waals surface area contributed by atoms with Gasteiger partial charge in [0.1, 0.15) is 11.9 Å². The first-order chi connectivity index (χ1) is 11.6. The van der Waals surface area contributed by atoms with Crippen LogP contribution in [-0.2, 0) is 4.74 Å². The van der Waals surface area contributed by atoms with E-state index in [0.717, 1.165) is 25.8 Å². The van der Waals surface area contributed by atoms with Gasteiger partial charge in [0.15, 0.2) is 0 Å². The minimum Gasteiger partial charge on any atom is -0.492 e. The molecule has 0 saturated heterocycles. The average Bonchev–Trinajstić information content (AvgIpc) is 2.74. The summed E-state index contributed by atoms with van der Waals surface area (Å²) >= 11 is 0. The summed E-state index contributed by atoms with van der Waals surface area (Å²) in [4.78, 5) is 14.6. The van der Waals surface area contributed by atoms with Crippen LogP contribution in [0.2, 0.25) is 0 Å². The van der Waals surface area contributed by atoms with Gasteiger partial charge in [-0.25, -0.2) is 4.79 Å². The lowest BCUT2D eigenvalue weighted by molar-refractivity contribution is 0.0569. The van der Waals surface area contributed by atoms with Gasteiger partial charge in [-0.1, -0.05) is 25.0 Å². The van der Waals surface area contributed by atoms with Gasteiger partial charge in [-0.15, -0.1) is 0 Å². The highest BCUT2D eigenvalue weighted by Gasteiger charge is 2.27. The molecule has 0 aromatic heterocycles. The fraction of sp³-hybridized carbons (Fsp3) is 0.632. The zero-order chi connectivity index (χ0) is 17.4. The molecule has 0 spiro atoms. The average molecular weight is 334 g/mol. The Morgan fingerprint density at radius 2 is 1.96 bits per heavy atom. The normalized spacial score (nSPS) is 21.2. The molecule has 1 aliphatic rings. The Morgan fingerprint density at radius 3 is 2.71 bits per heavy atom. The highest BCUT2D eigenvalue weighted by atomic mass is 16.6. The van der Waals surface area contributed by atoms with Crippen LogP contribution < -0.4 is 10.1 Å². The van der Waals surface area contributed by atoms with Crippen molar-refractivity contribution in [2.45, 2.75) is 45.1 Å². The van der Waals surface area contributed by atoms with Crippen LogP contribution in [0.15, 0.2) is 24.3 Å². The minimum absolute atomic E-state index is 0.0193. The van der Waals surface area contributed by atoms with Gasteiger partial charge >= 0.3 is 6.09 Å². The predicted molar refractivity (Wildman–Crippen MR) is 96.6 cm³/mol.